The fourth-order valence-electron chi connectivity index (χ4n) is 2.97. The van der Waals surface area contributed by atoms with Crippen LogP contribution in [0.25, 0.3) is 11.1 Å². The summed E-state index contributed by atoms with van der Waals surface area (Å²) in [5.41, 5.74) is 4.56. The number of benzene rings is 3. The standard InChI is InChI=1S/C23H23NOS/c25-23(24-22(17-26)15-18-7-3-1-4-8-18)16-19-11-13-21(14-12-19)20-9-5-2-6-10-20/h1-14,22,26H,15-17H2,(H,24,25)/t22-/m1/s1. The number of nitrogens with one attached hydrogen (secondary N) is 1. The van der Waals surface area contributed by atoms with Crippen LogP contribution >= 0.6 is 12.6 Å². The number of amides is 1. The molecule has 26 heavy (non-hydrogen) atoms. The highest BCUT2D eigenvalue weighted by Crippen LogP contribution is 2.19. The van der Waals surface area contributed by atoms with Crippen molar-refractivity contribution in [1.29, 1.82) is 0 Å². The molecule has 0 aliphatic heterocycles. The van der Waals surface area contributed by atoms with Crippen molar-refractivity contribution in [3.05, 3.63) is 96.1 Å². The molecule has 0 saturated heterocycles. The van der Waals surface area contributed by atoms with Crippen LogP contribution in [0.3, 0.4) is 0 Å². The average Bonchev–Trinajstić information content (AvgIpc) is 2.69. The third kappa shape index (κ3) is 5.24. The normalized spacial score (nSPS) is 11.7. The lowest BCUT2D eigenvalue weighted by molar-refractivity contribution is -0.121. The van der Waals surface area contributed by atoms with Crippen LogP contribution in [0, 0.1) is 0 Å². The maximum absolute atomic E-state index is 12.4. The molecule has 0 bridgehead atoms. The van der Waals surface area contributed by atoms with Gasteiger partial charge >= 0.3 is 0 Å². The van der Waals surface area contributed by atoms with E-state index >= 15 is 0 Å². The summed E-state index contributed by atoms with van der Waals surface area (Å²) in [5, 5.41) is 3.09. The zero-order valence-electron chi connectivity index (χ0n) is 14.6. The Kier molecular flexibility index (Phi) is 6.50. The number of rotatable bonds is 7. The third-order valence-corrected chi connectivity index (χ3v) is 4.78. The first-order valence-corrected chi connectivity index (χ1v) is 9.46. The molecule has 0 heterocycles. The number of carbonyl (C=O) groups excluding carboxylic acids is 1. The molecule has 3 rings (SSSR count). The van der Waals surface area contributed by atoms with Crippen molar-refractivity contribution in [2.45, 2.75) is 18.9 Å². The van der Waals surface area contributed by atoms with E-state index in [2.05, 4.69) is 54.3 Å². The van der Waals surface area contributed by atoms with Crippen LogP contribution in [0.4, 0.5) is 0 Å². The zero-order chi connectivity index (χ0) is 18.2. The predicted octanol–water partition coefficient (Wildman–Crippen LogP) is 4.55. The lowest BCUT2D eigenvalue weighted by Gasteiger charge is -2.17. The fraction of sp³-hybridized carbons (Fsp3) is 0.174. The minimum atomic E-state index is 0.0347. The Morgan fingerprint density at radius 2 is 1.35 bits per heavy atom. The average molecular weight is 362 g/mol. The molecule has 0 aliphatic carbocycles. The van der Waals surface area contributed by atoms with Crippen LogP contribution in [-0.2, 0) is 17.6 Å². The number of hydrogen-bond donors (Lipinski definition) is 2. The second kappa shape index (κ2) is 9.25. The number of carbonyl (C=O) groups is 1. The minimum absolute atomic E-state index is 0.0347. The zero-order valence-corrected chi connectivity index (χ0v) is 15.5. The van der Waals surface area contributed by atoms with E-state index in [1.807, 2.05) is 48.5 Å². The monoisotopic (exact) mass is 361 g/mol. The first kappa shape index (κ1) is 18.3. The Morgan fingerprint density at radius 1 is 0.769 bits per heavy atom. The van der Waals surface area contributed by atoms with E-state index in [4.69, 9.17) is 0 Å². The van der Waals surface area contributed by atoms with Gasteiger partial charge in [0.05, 0.1) is 6.42 Å². The molecular formula is C23H23NOS. The predicted molar refractivity (Wildman–Crippen MR) is 112 cm³/mol. The Balaban J connectivity index is 1.57. The third-order valence-electron chi connectivity index (χ3n) is 4.34. The van der Waals surface area contributed by atoms with E-state index < -0.39 is 0 Å². The topological polar surface area (TPSA) is 29.1 Å². The minimum Gasteiger partial charge on any atom is -0.352 e. The summed E-state index contributed by atoms with van der Waals surface area (Å²) in [6.07, 6.45) is 1.18. The molecule has 3 aromatic rings. The van der Waals surface area contributed by atoms with Crippen molar-refractivity contribution in [2.24, 2.45) is 0 Å². The van der Waals surface area contributed by atoms with Gasteiger partial charge in [-0.25, -0.2) is 0 Å². The van der Waals surface area contributed by atoms with Crippen molar-refractivity contribution in [3.8, 4) is 11.1 Å². The quantitative estimate of drug-likeness (QED) is 0.594. The lowest BCUT2D eigenvalue weighted by atomic mass is 10.0. The molecule has 0 fully saturated rings. The van der Waals surface area contributed by atoms with Crippen LogP contribution < -0.4 is 5.32 Å². The summed E-state index contributed by atoms with van der Waals surface area (Å²) < 4.78 is 0. The molecule has 0 radical (unpaired) electrons. The largest absolute Gasteiger partial charge is 0.352 e. The lowest BCUT2D eigenvalue weighted by Crippen LogP contribution is -2.38. The molecule has 0 aliphatic rings. The summed E-state index contributed by atoms with van der Waals surface area (Å²) in [4.78, 5) is 12.4. The molecule has 3 aromatic carbocycles. The first-order chi connectivity index (χ1) is 12.7. The Labute approximate surface area is 160 Å². The first-order valence-electron chi connectivity index (χ1n) is 8.83. The SMILES string of the molecule is O=C(Cc1ccc(-c2ccccc2)cc1)N[C@@H](CS)Cc1ccccc1. The molecule has 1 atom stereocenters. The van der Waals surface area contributed by atoms with Gasteiger partial charge in [-0.2, -0.15) is 12.6 Å². The van der Waals surface area contributed by atoms with Crippen molar-refractivity contribution in [2.75, 3.05) is 5.75 Å². The number of thiol groups is 1. The molecular weight excluding hydrogens is 338 g/mol. The van der Waals surface area contributed by atoms with Crippen molar-refractivity contribution < 1.29 is 4.79 Å². The van der Waals surface area contributed by atoms with E-state index in [1.165, 1.54) is 11.1 Å². The highest BCUT2D eigenvalue weighted by Gasteiger charge is 2.12. The Bertz CT molecular complexity index is 816. The van der Waals surface area contributed by atoms with Gasteiger partial charge in [0.2, 0.25) is 5.91 Å². The second-order valence-corrected chi connectivity index (χ2v) is 6.74. The van der Waals surface area contributed by atoms with Crippen molar-refractivity contribution in [1.82, 2.24) is 5.32 Å². The molecule has 3 heteroatoms. The van der Waals surface area contributed by atoms with Gasteiger partial charge in [0.1, 0.15) is 0 Å². The van der Waals surface area contributed by atoms with Crippen molar-refractivity contribution >= 4 is 18.5 Å². The maximum atomic E-state index is 12.4. The molecule has 0 spiro atoms. The summed E-state index contributed by atoms with van der Waals surface area (Å²) in [6, 6.07) is 28.6. The maximum Gasteiger partial charge on any atom is 0.224 e. The van der Waals surface area contributed by atoms with E-state index in [0.29, 0.717) is 12.2 Å². The van der Waals surface area contributed by atoms with Crippen LogP contribution in [0.1, 0.15) is 11.1 Å². The van der Waals surface area contributed by atoms with Gasteiger partial charge in [-0.1, -0.05) is 84.9 Å². The van der Waals surface area contributed by atoms with Crippen LogP contribution in [0.15, 0.2) is 84.9 Å². The van der Waals surface area contributed by atoms with Gasteiger partial charge in [0, 0.05) is 11.8 Å². The van der Waals surface area contributed by atoms with Gasteiger partial charge in [-0.05, 0) is 28.7 Å². The summed E-state index contributed by atoms with van der Waals surface area (Å²) in [5.74, 6) is 0.653. The Morgan fingerprint density at radius 3 is 1.96 bits per heavy atom. The molecule has 0 unspecified atom stereocenters. The van der Waals surface area contributed by atoms with Gasteiger partial charge in [0.25, 0.3) is 0 Å². The van der Waals surface area contributed by atoms with E-state index in [1.54, 1.807) is 0 Å². The van der Waals surface area contributed by atoms with E-state index in [-0.39, 0.29) is 11.9 Å². The molecule has 132 valence electrons. The molecule has 1 N–H and O–H groups in total. The number of hydrogen-bond acceptors (Lipinski definition) is 2. The van der Waals surface area contributed by atoms with Gasteiger partial charge < -0.3 is 5.32 Å². The Hall–Kier alpha value is -2.52. The smallest absolute Gasteiger partial charge is 0.224 e. The summed E-state index contributed by atoms with van der Waals surface area (Å²) in [7, 11) is 0. The highest BCUT2D eigenvalue weighted by atomic mass is 32.1. The summed E-state index contributed by atoms with van der Waals surface area (Å²) in [6.45, 7) is 0. The van der Waals surface area contributed by atoms with Gasteiger partial charge in [0.15, 0.2) is 0 Å². The van der Waals surface area contributed by atoms with Crippen LogP contribution in [-0.4, -0.2) is 17.7 Å². The molecule has 1 amide bonds. The molecule has 0 aromatic heterocycles. The molecule has 2 nitrogen and oxygen atoms in total. The molecule has 0 saturated carbocycles. The van der Waals surface area contributed by atoms with E-state index in [9.17, 15) is 4.79 Å². The van der Waals surface area contributed by atoms with Gasteiger partial charge in [-0.3, -0.25) is 4.79 Å². The summed E-state index contributed by atoms with van der Waals surface area (Å²) >= 11 is 4.39. The van der Waals surface area contributed by atoms with Crippen molar-refractivity contribution in [3.63, 3.8) is 0 Å². The van der Waals surface area contributed by atoms with Crippen LogP contribution in [0.5, 0.6) is 0 Å². The highest BCUT2D eigenvalue weighted by molar-refractivity contribution is 7.80. The fourth-order valence-corrected chi connectivity index (χ4v) is 3.19. The van der Waals surface area contributed by atoms with E-state index in [0.717, 1.165) is 17.5 Å². The van der Waals surface area contributed by atoms with Crippen LogP contribution in [0.2, 0.25) is 0 Å². The van der Waals surface area contributed by atoms with Gasteiger partial charge in [-0.15, -0.1) is 0 Å². The second-order valence-electron chi connectivity index (χ2n) is 6.38.